The molecule has 0 fully saturated rings. The second-order valence-electron chi connectivity index (χ2n) is 7.22. The van der Waals surface area contributed by atoms with Crippen molar-refractivity contribution in [3.8, 4) is 11.5 Å². The highest BCUT2D eigenvalue weighted by molar-refractivity contribution is 6.31. The van der Waals surface area contributed by atoms with E-state index in [1.54, 1.807) is 31.3 Å². The zero-order valence-electron chi connectivity index (χ0n) is 16.9. The van der Waals surface area contributed by atoms with E-state index >= 15 is 0 Å². The Bertz CT molecular complexity index is 1210. The minimum absolute atomic E-state index is 0.220. The molecular weight excluding hydrogens is 439 g/mol. The SMILES string of the molecule is Cc1ccc(C[C@@H]2CONC(c3c(Oc4cccc(Cl)c4)cnn(C)c3=O)=N2)c(Cl)c1. The highest BCUT2D eigenvalue weighted by Gasteiger charge is 2.24. The lowest BCUT2D eigenvalue weighted by Gasteiger charge is -2.23. The van der Waals surface area contributed by atoms with Crippen molar-refractivity contribution in [2.24, 2.45) is 12.0 Å². The van der Waals surface area contributed by atoms with Gasteiger partial charge in [-0.1, -0.05) is 41.4 Å². The van der Waals surface area contributed by atoms with Gasteiger partial charge in [-0.25, -0.2) is 10.2 Å². The van der Waals surface area contributed by atoms with Crippen LogP contribution >= 0.6 is 23.2 Å². The highest BCUT2D eigenvalue weighted by Crippen LogP contribution is 2.26. The molecule has 3 aromatic rings. The zero-order valence-corrected chi connectivity index (χ0v) is 18.4. The van der Waals surface area contributed by atoms with Crippen molar-refractivity contribution in [3.05, 3.63) is 85.8 Å². The number of hydrogen-bond donors (Lipinski definition) is 1. The summed E-state index contributed by atoms with van der Waals surface area (Å²) in [4.78, 5) is 23.1. The number of aryl methyl sites for hydroxylation is 2. The average molecular weight is 459 g/mol. The molecule has 1 aromatic heterocycles. The molecule has 2 aromatic carbocycles. The summed E-state index contributed by atoms with van der Waals surface area (Å²) in [5, 5.41) is 5.26. The van der Waals surface area contributed by atoms with Gasteiger partial charge in [-0.3, -0.25) is 14.6 Å². The van der Waals surface area contributed by atoms with Gasteiger partial charge in [0.15, 0.2) is 11.6 Å². The molecule has 2 heterocycles. The number of aliphatic imine (C=N–C) groups is 1. The summed E-state index contributed by atoms with van der Waals surface area (Å²) in [6.07, 6.45) is 2.03. The number of nitrogens with one attached hydrogen (secondary N) is 1. The minimum atomic E-state index is -0.372. The van der Waals surface area contributed by atoms with Crippen LogP contribution in [0.5, 0.6) is 11.5 Å². The number of nitrogens with zero attached hydrogens (tertiary/aromatic N) is 3. The summed E-state index contributed by atoms with van der Waals surface area (Å²) in [5.74, 6) is 0.998. The van der Waals surface area contributed by atoms with Crippen LogP contribution in [0.3, 0.4) is 0 Å². The first-order chi connectivity index (χ1) is 14.9. The Labute approximate surface area is 189 Å². The Morgan fingerprint density at radius 3 is 2.87 bits per heavy atom. The van der Waals surface area contributed by atoms with E-state index in [0.29, 0.717) is 28.8 Å². The van der Waals surface area contributed by atoms with Crippen molar-refractivity contribution in [3.63, 3.8) is 0 Å². The van der Waals surface area contributed by atoms with Crippen LogP contribution in [-0.2, 0) is 18.3 Å². The molecular formula is C22H20Cl2N4O3. The lowest BCUT2D eigenvalue weighted by molar-refractivity contribution is 0.0622. The van der Waals surface area contributed by atoms with Gasteiger partial charge in [-0.15, -0.1) is 0 Å². The van der Waals surface area contributed by atoms with Crippen LogP contribution in [0.1, 0.15) is 16.7 Å². The fraction of sp³-hybridized carbons (Fsp3) is 0.227. The van der Waals surface area contributed by atoms with E-state index in [4.69, 9.17) is 37.8 Å². The standard InChI is InChI=1S/C22H20Cl2N4O3/c1-13-6-7-14(18(24)8-13)9-16-12-30-27-21(26-16)20-19(11-25-28(2)22(20)29)31-17-5-3-4-15(23)10-17/h3-8,10-11,16H,9,12H2,1-2H3,(H,26,27)/t16-/m1/s1. The number of rotatable bonds is 5. The second-order valence-corrected chi connectivity index (χ2v) is 8.06. The molecule has 0 radical (unpaired) electrons. The number of amidine groups is 1. The lowest BCUT2D eigenvalue weighted by Crippen LogP contribution is -2.40. The number of ether oxygens (including phenoxy) is 1. The van der Waals surface area contributed by atoms with Crippen LogP contribution < -0.4 is 15.8 Å². The number of hydroxylamine groups is 1. The number of hydrogen-bond acceptors (Lipinski definition) is 6. The van der Waals surface area contributed by atoms with Crippen LogP contribution in [0.2, 0.25) is 10.0 Å². The van der Waals surface area contributed by atoms with Gasteiger partial charge >= 0.3 is 0 Å². The Balaban J connectivity index is 1.68. The molecule has 0 saturated carbocycles. The van der Waals surface area contributed by atoms with Crippen LogP contribution in [0.4, 0.5) is 0 Å². The summed E-state index contributed by atoms with van der Waals surface area (Å²) >= 11 is 12.4. The molecule has 0 spiro atoms. The predicted octanol–water partition coefficient (Wildman–Crippen LogP) is 4.08. The fourth-order valence-corrected chi connectivity index (χ4v) is 3.71. The van der Waals surface area contributed by atoms with Crippen LogP contribution in [0.25, 0.3) is 0 Å². The van der Waals surface area contributed by atoms with Crippen molar-refractivity contribution in [1.82, 2.24) is 15.3 Å². The van der Waals surface area contributed by atoms with Crippen molar-refractivity contribution in [2.75, 3.05) is 6.61 Å². The maximum Gasteiger partial charge on any atom is 0.281 e. The molecule has 1 aliphatic heterocycles. The highest BCUT2D eigenvalue weighted by atomic mass is 35.5. The van der Waals surface area contributed by atoms with Crippen molar-refractivity contribution in [2.45, 2.75) is 19.4 Å². The molecule has 0 amide bonds. The molecule has 7 nitrogen and oxygen atoms in total. The van der Waals surface area contributed by atoms with Gasteiger partial charge in [0.25, 0.3) is 5.56 Å². The van der Waals surface area contributed by atoms with Crippen molar-refractivity contribution in [1.29, 1.82) is 0 Å². The molecule has 31 heavy (non-hydrogen) atoms. The maximum absolute atomic E-state index is 12.9. The Hall–Kier alpha value is -2.87. The fourth-order valence-electron chi connectivity index (χ4n) is 3.22. The van der Waals surface area contributed by atoms with Crippen LogP contribution in [0, 0.1) is 6.92 Å². The first-order valence-electron chi connectivity index (χ1n) is 9.61. The van der Waals surface area contributed by atoms with Crippen LogP contribution in [-0.4, -0.2) is 28.3 Å². The van der Waals surface area contributed by atoms with Crippen molar-refractivity contribution >= 4 is 29.0 Å². The summed E-state index contributed by atoms with van der Waals surface area (Å²) in [7, 11) is 1.56. The molecule has 1 N–H and O–H groups in total. The second kappa shape index (κ2) is 9.09. The molecule has 0 unspecified atom stereocenters. The van der Waals surface area contributed by atoms with Gasteiger partial charge in [-0.05, 0) is 48.7 Å². The normalized spacial score (nSPS) is 15.9. The minimum Gasteiger partial charge on any atom is -0.455 e. The first-order valence-corrected chi connectivity index (χ1v) is 10.4. The third-order valence-corrected chi connectivity index (χ3v) is 5.37. The van der Waals surface area contributed by atoms with E-state index in [1.165, 1.54) is 10.9 Å². The van der Waals surface area contributed by atoms with E-state index in [1.807, 2.05) is 25.1 Å². The summed E-state index contributed by atoms with van der Waals surface area (Å²) in [5.41, 5.74) is 4.65. The van der Waals surface area contributed by atoms with Gasteiger partial charge in [0.1, 0.15) is 11.3 Å². The van der Waals surface area contributed by atoms with Crippen molar-refractivity contribution < 1.29 is 9.57 Å². The number of benzene rings is 2. The molecule has 0 bridgehead atoms. The average Bonchev–Trinajstić information content (AvgIpc) is 2.73. The van der Waals surface area contributed by atoms with Gasteiger partial charge < -0.3 is 4.74 Å². The molecule has 160 valence electrons. The largest absolute Gasteiger partial charge is 0.455 e. The van der Waals surface area contributed by atoms with Crippen LogP contribution in [0.15, 0.2) is 58.4 Å². The molecule has 9 heteroatoms. The molecule has 1 aliphatic rings. The molecule has 0 saturated heterocycles. The first kappa shape index (κ1) is 21.4. The Morgan fingerprint density at radius 2 is 2.10 bits per heavy atom. The summed E-state index contributed by atoms with van der Waals surface area (Å²) in [6.45, 7) is 2.32. The topological polar surface area (TPSA) is 77.7 Å². The van der Waals surface area contributed by atoms with E-state index in [0.717, 1.165) is 11.1 Å². The van der Waals surface area contributed by atoms with Gasteiger partial charge in [0.05, 0.1) is 18.8 Å². The van der Waals surface area contributed by atoms with E-state index in [9.17, 15) is 4.79 Å². The quantitative estimate of drug-likeness (QED) is 0.622. The maximum atomic E-state index is 12.9. The zero-order chi connectivity index (χ0) is 22.0. The smallest absolute Gasteiger partial charge is 0.281 e. The lowest BCUT2D eigenvalue weighted by atomic mass is 10.0. The third-order valence-electron chi connectivity index (χ3n) is 4.78. The Morgan fingerprint density at radius 1 is 1.26 bits per heavy atom. The number of halogens is 2. The summed E-state index contributed by atoms with van der Waals surface area (Å²) in [6, 6.07) is 12.6. The van der Waals surface area contributed by atoms with Gasteiger partial charge in [-0.2, -0.15) is 5.10 Å². The van der Waals surface area contributed by atoms with E-state index < -0.39 is 0 Å². The van der Waals surface area contributed by atoms with Gasteiger partial charge in [0.2, 0.25) is 0 Å². The summed E-state index contributed by atoms with van der Waals surface area (Å²) < 4.78 is 7.12. The molecule has 0 aliphatic carbocycles. The molecule has 1 atom stereocenters. The van der Waals surface area contributed by atoms with E-state index in [2.05, 4.69) is 10.6 Å². The predicted molar refractivity (Wildman–Crippen MR) is 120 cm³/mol. The molecule has 4 rings (SSSR count). The van der Waals surface area contributed by atoms with Gasteiger partial charge in [0, 0.05) is 17.1 Å². The van der Waals surface area contributed by atoms with E-state index in [-0.39, 0.29) is 28.7 Å². The third kappa shape index (κ3) is 4.90. The monoisotopic (exact) mass is 458 g/mol. The Kier molecular flexibility index (Phi) is 6.27. The number of aromatic nitrogens is 2.